The van der Waals surface area contributed by atoms with Crippen molar-refractivity contribution in [1.29, 1.82) is 0 Å². The van der Waals surface area contributed by atoms with Gasteiger partial charge in [0.15, 0.2) is 12.4 Å². The molecule has 1 heterocycles. The third kappa shape index (κ3) is 5.16. The molecule has 0 unspecified atom stereocenters. The van der Waals surface area contributed by atoms with Gasteiger partial charge in [-0.2, -0.15) is 5.10 Å². The number of ether oxygens (including phenoxy) is 1. The van der Waals surface area contributed by atoms with E-state index in [2.05, 4.69) is 10.4 Å². The molecule has 0 bridgehead atoms. The van der Waals surface area contributed by atoms with Gasteiger partial charge in [0.25, 0.3) is 0 Å². The summed E-state index contributed by atoms with van der Waals surface area (Å²) in [6.45, 7) is 3.43. The lowest BCUT2D eigenvalue weighted by Gasteiger charge is -2.07. The van der Waals surface area contributed by atoms with Gasteiger partial charge in [-0.1, -0.05) is 24.3 Å². The molecule has 0 aliphatic heterocycles. The van der Waals surface area contributed by atoms with E-state index in [-0.39, 0.29) is 18.3 Å². The Hall–Kier alpha value is -3.74. The van der Waals surface area contributed by atoms with Crippen LogP contribution in [0.4, 0.5) is 0 Å². The zero-order valence-electron chi connectivity index (χ0n) is 16.2. The second-order valence-corrected chi connectivity index (χ2v) is 6.54. The van der Waals surface area contributed by atoms with Crippen LogP contribution in [0.15, 0.2) is 60.8 Å². The maximum absolute atomic E-state index is 12.2. The molecule has 148 valence electrons. The van der Waals surface area contributed by atoms with Gasteiger partial charge in [-0.25, -0.2) is 9.48 Å². The molecule has 0 saturated heterocycles. The van der Waals surface area contributed by atoms with Gasteiger partial charge in [0.1, 0.15) is 0 Å². The first-order valence-corrected chi connectivity index (χ1v) is 9.09. The number of Topliss-reactive ketones (excluding diaryl/α,β-unsaturated/α-hetero) is 1. The Morgan fingerprint density at radius 1 is 0.966 bits per heavy atom. The van der Waals surface area contributed by atoms with E-state index in [9.17, 15) is 14.4 Å². The maximum Gasteiger partial charge on any atom is 0.338 e. The van der Waals surface area contributed by atoms with Gasteiger partial charge in [-0.3, -0.25) is 9.59 Å². The van der Waals surface area contributed by atoms with Gasteiger partial charge < -0.3 is 10.1 Å². The van der Waals surface area contributed by atoms with E-state index in [1.807, 2.05) is 13.0 Å². The van der Waals surface area contributed by atoms with Gasteiger partial charge in [0, 0.05) is 30.9 Å². The molecule has 0 spiro atoms. The van der Waals surface area contributed by atoms with E-state index in [1.165, 1.54) is 6.92 Å². The molecule has 29 heavy (non-hydrogen) atoms. The van der Waals surface area contributed by atoms with Crippen LogP contribution in [0.1, 0.15) is 38.9 Å². The van der Waals surface area contributed by atoms with Gasteiger partial charge in [-0.05, 0) is 42.8 Å². The van der Waals surface area contributed by atoms with E-state index in [1.54, 1.807) is 59.4 Å². The smallest absolute Gasteiger partial charge is 0.338 e. The lowest BCUT2D eigenvalue weighted by molar-refractivity contribution is -0.119. The third-order valence-electron chi connectivity index (χ3n) is 4.33. The van der Waals surface area contributed by atoms with E-state index < -0.39 is 5.97 Å². The number of hydrogen-bond donors (Lipinski definition) is 1. The first-order chi connectivity index (χ1) is 13.9. The Morgan fingerprint density at radius 3 is 2.21 bits per heavy atom. The minimum atomic E-state index is -0.565. The molecule has 7 nitrogen and oxygen atoms in total. The van der Waals surface area contributed by atoms with Gasteiger partial charge >= 0.3 is 5.97 Å². The molecule has 1 aromatic heterocycles. The number of nitrogens with one attached hydrogen (secondary N) is 1. The number of amides is 1. The van der Waals surface area contributed by atoms with Crippen molar-refractivity contribution in [3.63, 3.8) is 0 Å². The Labute approximate surface area is 168 Å². The minimum absolute atomic E-state index is 0.121. The SMILES string of the molecule is CC(=O)NCc1ccc(C(=O)COC(=O)c2ccc(-n3nccc3C)cc2)cc1. The zero-order chi connectivity index (χ0) is 20.8. The first-order valence-electron chi connectivity index (χ1n) is 9.09. The zero-order valence-corrected chi connectivity index (χ0v) is 16.2. The summed E-state index contributed by atoms with van der Waals surface area (Å²) in [5.74, 6) is -0.984. The number of carbonyl (C=O) groups is 3. The highest BCUT2D eigenvalue weighted by Crippen LogP contribution is 2.12. The fourth-order valence-corrected chi connectivity index (χ4v) is 2.71. The van der Waals surface area contributed by atoms with Crippen molar-refractivity contribution in [3.05, 3.63) is 83.2 Å². The van der Waals surface area contributed by atoms with Crippen LogP contribution < -0.4 is 5.32 Å². The van der Waals surface area contributed by atoms with Crippen LogP contribution in [0, 0.1) is 6.92 Å². The molecule has 1 amide bonds. The Bertz CT molecular complexity index is 1020. The van der Waals surface area contributed by atoms with Gasteiger partial charge in [0.2, 0.25) is 5.91 Å². The highest BCUT2D eigenvalue weighted by molar-refractivity contribution is 5.99. The first kappa shape index (κ1) is 20.0. The Kier molecular flexibility index (Phi) is 6.19. The molecule has 1 N–H and O–H groups in total. The van der Waals surface area contributed by atoms with Crippen LogP contribution in [0.25, 0.3) is 5.69 Å². The Morgan fingerprint density at radius 2 is 1.62 bits per heavy atom. The predicted octanol–water partition coefficient (Wildman–Crippen LogP) is 2.86. The van der Waals surface area contributed by atoms with Crippen molar-refractivity contribution in [1.82, 2.24) is 15.1 Å². The van der Waals surface area contributed by atoms with Gasteiger partial charge in [0.05, 0.1) is 11.3 Å². The summed E-state index contributed by atoms with van der Waals surface area (Å²) in [5.41, 5.74) is 3.49. The molecular formula is C22H21N3O4. The summed E-state index contributed by atoms with van der Waals surface area (Å²) in [7, 11) is 0. The quantitative estimate of drug-likeness (QED) is 0.494. The van der Waals surface area contributed by atoms with Crippen LogP contribution >= 0.6 is 0 Å². The number of benzene rings is 2. The molecule has 7 heteroatoms. The monoisotopic (exact) mass is 391 g/mol. The number of ketones is 1. The topological polar surface area (TPSA) is 90.3 Å². The fourth-order valence-electron chi connectivity index (χ4n) is 2.71. The molecule has 2 aromatic carbocycles. The molecule has 0 atom stereocenters. The van der Waals surface area contributed by atoms with Crippen LogP contribution in [-0.4, -0.2) is 34.0 Å². The average Bonchev–Trinajstić information content (AvgIpc) is 3.16. The van der Waals surface area contributed by atoms with E-state index in [4.69, 9.17) is 4.74 Å². The lowest BCUT2D eigenvalue weighted by Crippen LogP contribution is -2.19. The number of rotatable bonds is 7. The highest BCUT2D eigenvalue weighted by Gasteiger charge is 2.12. The van der Waals surface area contributed by atoms with E-state index >= 15 is 0 Å². The summed E-state index contributed by atoms with van der Waals surface area (Å²) in [6, 6.07) is 15.5. The number of aryl methyl sites for hydroxylation is 1. The van der Waals surface area contributed by atoms with Crippen molar-refractivity contribution in [2.24, 2.45) is 0 Å². The second kappa shape index (κ2) is 8.97. The molecule has 0 fully saturated rings. The minimum Gasteiger partial charge on any atom is -0.454 e. The van der Waals surface area contributed by atoms with Crippen molar-refractivity contribution in [2.45, 2.75) is 20.4 Å². The number of esters is 1. The molecule has 0 aliphatic rings. The molecular weight excluding hydrogens is 370 g/mol. The van der Waals surface area contributed by atoms with Crippen molar-refractivity contribution < 1.29 is 19.1 Å². The Balaban J connectivity index is 1.55. The largest absolute Gasteiger partial charge is 0.454 e. The molecule has 0 aliphatic carbocycles. The number of nitrogens with zero attached hydrogens (tertiary/aromatic N) is 2. The number of hydrogen-bond acceptors (Lipinski definition) is 5. The summed E-state index contributed by atoms with van der Waals surface area (Å²) in [5, 5.41) is 6.90. The fraction of sp³-hybridized carbons (Fsp3) is 0.182. The third-order valence-corrected chi connectivity index (χ3v) is 4.33. The molecule has 0 saturated carbocycles. The predicted molar refractivity (Wildman–Crippen MR) is 107 cm³/mol. The van der Waals surface area contributed by atoms with Crippen LogP contribution in [0.3, 0.4) is 0 Å². The second-order valence-electron chi connectivity index (χ2n) is 6.54. The standard InChI is InChI=1S/C22H21N3O4/c1-15-11-12-24-25(15)20-9-7-19(8-10-20)22(28)29-14-21(27)18-5-3-17(4-6-18)13-23-16(2)26/h3-12H,13-14H2,1-2H3,(H,23,26). The highest BCUT2D eigenvalue weighted by atomic mass is 16.5. The molecule has 0 radical (unpaired) electrons. The van der Waals surface area contributed by atoms with Crippen molar-refractivity contribution in [3.8, 4) is 5.69 Å². The lowest BCUT2D eigenvalue weighted by atomic mass is 10.1. The maximum atomic E-state index is 12.2. The normalized spacial score (nSPS) is 10.4. The number of carbonyl (C=O) groups excluding carboxylic acids is 3. The van der Waals surface area contributed by atoms with Crippen molar-refractivity contribution >= 4 is 17.7 Å². The van der Waals surface area contributed by atoms with E-state index in [0.29, 0.717) is 17.7 Å². The van der Waals surface area contributed by atoms with Crippen molar-refractivity contribution in [2.75, 3.05) is 6.61 Å². The molecule has 3 aromatic rings. The summed E-state index contributed by atoms with van der Waals surface area (Å²) in [6.07, 6.45) is 1.70. The molecule has 3 rings (SSSR count). The number of aromatic nitrogens is 2. The van der Waals surface area contributed by atoms with Gasteiger partial charge in [-0.15, -0.1) is 0 Å². The van der Waals surface area contributed by atoms with E-state index in [0.717, 1.165) is 16.9 Å². The van der Waals surface area contributed by atoms with Crippen LogP contribution in [-0.2, 0) is 16.1 Å². The summed E-state index contributed by atoms with van der Waals surface area (Å²) < 4.78 is 6.90. The summed E-state index contributed by atoms with van der Waals surface area (Å²) >= 11 is 0. The van der Waals surface area contributed by atoms with Crippen LogP contribution in [0.5, 0.6) is 0 Å². The summed E-state index contributed by atoms with van der Waals surface area (Å²) in [4.78, 5) is 35.4. The average molecular weight is 391 g/mol. The van der Waals surface area contributed by atoms with Crippen LogP contribution in [0.2, 0.25) is 0 Å².